The van der Waals surface area contributed by atoms with E-state index in [0.29, 0.717) is 22.4 Å². The van der Waals surface area contributed by atoms with Gasteiger partial charge >= 0.3 is 6.03 Å². The van der Waals surface area contributed by atoms with Crippen molar-refractivity contribution >= 4 is 51.5 Å². The van der Waals surface area contributed by atoms with E-state index in [-0.39, 0.29) is 0 Å². The molecule has 3 aromatic rings. The molecule has 0 unspecified atom stereocenters. The van der Waals surface area contributed by atoms with Gasteiger partial charge in [0, 0.05) is 16.5 Å². The van der Waals surface area contributed by atoms with Gasteiger partial charge in [-0.3, -0.25) is 5.32 Å². The molecule has 3 rings (SSSR count). The summed E-state index contributed by atoms with van der Waals surface area (Å²) in [5.41, 5.74) is 0.604. The minimum atomic E-state index is -0.396. The predicted octanol–water partition coefficient (Wildman–Crippen LogP) is 5.01. The van der Waals surface area contributed by atoms with E-state index in [1.165, 1.54) is 23.1 Å². The fourth-order valence-corrected chi connectivity index (χ4v) is 3.77. The molecule has 0 aliphatic rings. The average Bonchev–Trinajstić information content (AvgIpc) is 3.07. The van der Waals surface area contributed by atoms with Gasteiger partial charge in [-0.15, -0.1) is 10.2 Å². The summed E-state index contributed by atoms with van der Waals surface area (Å²) in [6.45, 7) is 0.562. The zero-order valence-corrected chi connectivity index (χ0v) is 15.9. The summed E-state index contributed by atoms with van der Waals surface area (Å²) in [4.78, 5) is 12.0. The minimum absolute atomic E-state index is 0.396. The molecule has 0 radical (unpaired) electrons. The third-order valence-corrected chi connectivity index (χ3v) is 5.20. The van der Waals surface area contributed by atoms with Crippen LogP contribution in [0, 0.1) is 0 Å². The van der Waals surface area contributed by atoms with Crippen LogP contribution in [0.15, 0.2) is 58.9 Å². The van der Waals surface area contributed by atoms with Crippen LogP contribution in [0.4, 0.5) is 15.6 Å². The van der Waals surface area contributed by atoms with Crippen LogP contribution >= 0.6 is 34.7 Å². The van der Waals surface area contributed by atoms with E-state index < -0.39 is 6.03 Å². The number of nitrogens with zero attached hydrogens (tertiary/aromatic N) is 2. The van der Waals surface area contributed by atoms with Gasteiger partial charge < -0.3 is 10.1 Å². The van der Waals surface area contributed by atoms with Gasteiger partial charge in [-0.05, 0) is 30.3 Å². The number of anilines is 2. The van der Waals surface area contributed by atoms with Crippen LogP contribution in [0.25, 0.3) is 0 Å². The van der Waals surface area contributed by atoms with Gasteiger partial charge in [0.05, 0.1) is 6.61 Å². The van der Waals surface area contributed by atoms with Crippen LogP contribution in [0.1, 0.15) is 0 Å². The molecule has 1 aromatic heterocycles. The highest BCUT2D eigenvalue weighted by molar-refractivity contribution is 8.01. The Kier molecular flexibility index (Phi) is 6.70. The summed E-state index contributed by atoms with van der Waals surface area (Å²) >= 11 is 8.72. The van der Waals surface area contributed by atoms with Crippen molar-refractivity contribution in [1.82, 2.24) is 10.2 Å². The minimum Gasteiger partial charge on any atom is -0.493 e. The van der Waals surface area contributed by atoms with E-state index >= 15 is 0 Å². The molecule has 9 heteroatoms. The molecule has 0 fully saturated rings. The average molecular weight is 407 g/mol. The lowest BCUT2D eigenvalue weighted by Gasteiger charge is -2.05. The second-order valence-electron chi connectivity index (χ2n) is 4.97. The molecule has 134 valence electrons. The Hall–Kier alpha value is -2.29. The lowest BCUT2D eigenvalue weighted by atomic mass is 10.3. The van der Waals surface area contributed by atoms with Crippen molar-refractivity contribution < 1.29 is 9.53 Å². The van der Waals surface area contributed by atoms with Crippen molar-refractivity contribution in [2.75, 3.05) is 23.0 Å². The van der Waals surface area contributed by atoms with Crippen LogP contribution in [0.5, 0.6) is 5.75 Å². The largest absolute Gasteiger partial charge is 0.493 e. The first kappa shape index (κ1) is 18.5. The molecular formula is C17H15ClN4O2S2. The second-order valence-corrected chi connectivity index (χ2v) is 7.73. The molecule has 0 spiro atoms. The zero-order chi connectivity index (χ0) is 18.2. The number of benzene rings is 2. The van der Waals surface area contributed by atoms with Crippen LogP contribution in [-0.4, -0.2) is 28.6 Å². The molecule has 0 saturated carbocycles. The Morgan fingerprint density at radius 2 is 1.96 bits per heavy atom. The molecule has 0 aliphatic heterocycles. The van der Waals surface area contributed by atoms with Crippen molar-refractivity contribution in [1.29, 1.82) is 0 Å². The number of thioether (sulfide) groups is 1. The fraction of sp³-hybridized carbons (Fsp3) is 0.118. The first-order chi connectivity index (χ1) is 12.7. The SMILES string of the molecule is O=C(Nc1cccc(Cl)c1)Nc1nnc(SCCOc2ccccc2)s1. The number of carbonyl (C=O) groups is 1. The maximum Gasteiger partial charge on any atom is 0.325 e. The molecule has 2 amide bonds. The van der Waals surface area contributed by atoms with Gasteiger partial charge in [-0.1, -0.05) is 59.0 Å². The summed E-state index contributed by atoms with van der Waals surface area (Å²) in [6.07, 6.45) is 0. The Bertz CT molecular complexity index is 861. The summed E-state index contributed by atoms with van der Waals surface area (Å²) in [5.74, 6) is 1.57. The highest BCUT2D eigenvalue weighted by atomic mass is 35.5. The van der Waals surface area contributed by atoms with Crippen molar-refractivity contribution in [3.8, 4) is 5.75 Å². The number of urea groups is 1. The van der Waals surface area contributed by atoms with E-state index in [1.54, 1.807) is 24.3 Å². The molecule has 26 heavy (non-hydrogen) atoms. The van der Waals surface area contributed by atoms with Crippen LogP contribution in [0.3, 0.4) is 0 Å². The van der Waals surface area contributed by atoms with E-state index in [0.717, 1.165) is 15.8 Å². The molecule has 2 N–H and O–H groups in total. The Morgan fingerprint density at radius 3 is 2.77 bits per heavy atom. The molecular weight excluding hydrogens is 392 g/mol. The quantitative estimate of drug-likeness (QED) is 0.328. The topological polar surface area (TPSA) is 76.1 Å². The van der Waals surface area contributed by atoms with Gasteiger partial charge in [0.25, 0.3) is 0 Å². The zero-order valence-electron chi connectivity index (χ0n) is 13.5. The number of ether oxygens (including phenoxy) is 1. The Morgan fingerprint density at radius 1 is 1.12 bits per heavy atom. The van der Waals surface area contributed by atoms with E-state index in [2.05, 4.69) is 20.8 Å². The third-order valence-electron chi connectivity index (χ3n) is 3.03. The monoisotopic (exact) mass is 406 g/mol. The van der Waals surface area contributed by atoms with Crippen molar-refractivity contribution in [3.63, 3.8) is 0 Å². The van der Waals surface area contributed by atoms with Gasteiger partial charge in [-0.25, -0.2) is 4.79 Å². The number of hydrogen-bond acceptors (Lipinski definition) is 6. The molecule has 0 bridgehead atoms. The van der Waals surface area contributed by atoms with Gasteiger partial charge in [0.2, 0.25) is 5.13 Å². The molecule has 2 aromatic carbocycles. The van der Waals surface area contributed by atoms with Crippen molar-refractivity contribution in [3.05, 3.63) is 59.6 Å². The summed E-state index contributed by atoms with van der Waals surface area (Å²) in [5, 5.41) is 14.3. The summed E-state index contributed by atoms with van der Waals surface area (Å²) < 4.78 is 6.38. The van der Waals surface area contributed by atoms with Crippen molar-refractivity contribution in [2.45, 2.75) is 4.34 Å². The highest BCUT2D eigenvalue weighted by Gasteiger charge is 2.09. The fourth-order valence-electron chi connectivity index (χ4n) is 1.95. The number of amides is 2. The van der Waals surface area contributed by atoms with Crippen LogP contribution < -0.4 is 15.4 Å². The van der Waals surface area contributed by atoms with Gasteiger partial charge in [-0.2, -0.15) is 0 Å². The summed E-state index contributed by atoms with van der Waals surface area (Å²) in [6, 6.07) is 16.1. The number of rotatable bonds is 7. The first-order valence-corrected chi connectivity index (χ1v) is 9.85. The molecule has 6 nitrogen and oxygen atoms in total. The van der Waals surface area contributed by atoms with E-state index in [1.807, 2.05) is 30.3 Å². The van der Waals surface area contributed by atoms with Crippen LogP contribution in [-0.2, 0) is 0 Å². The van der Waals surface area contributed by atoms with Crippen LogP contribution in [0.2, 0.25) is 5.02 Å². The second kappa shape index (κ2) is 9.42. The van der Waals surface area contributed by atoms with E-state index in [9.17, 15) is 4.79 Å². The maximum absolute atomic E-state index is 12.0. The lowest BCUT2D eigenvalue weighted by Crippen LogP contribution is -2.19. The third kappa shape index (κ3) is 5.91. The number of hydrogen-bond donors (Lipinski definition) is 2. The number of para-hydroxylation sites is 1. The molecule has 1 heterocycles. The van der Waals surface area contributed by atoms with Gasteiger partial charge in [0.1, 0.15) is 5.75 Å². The first-order valence-electron chi connectivity index (χ1n) is 7.67. The Balaban J connectivity index is 1.42. The normalized spacial score (nSPS) is 10.3. The standard InChI is InChI=1S/C17H15ClN4O2S2/c18-12-5-4-6-13(11-12)19-15(23)20-16-21-22-17(26-16)25-10-9-24-14-7-2-1-3-8-14/h1-8,11H,9-10H2,(H2,19,20,21,23). The van der Waals surface area contributed by atoms with Crippen molar-refractivity contribution in [2.24, 2.45) is 0 Å². The number of halogens is 1. The number of aromatic nitrogens is 2. The van der Waals surface area contributed by atoms with Gasteiger partial charge in [0.15, 0.2) is 4.34 Å². The smallest absolute Gasteiger partial charge is 0.325 e. The van der Waals surface area contributed by atoms with E-state index in [4.69, 9.17) is 16.3 Å². The molecule has 0 atom stereocenters. The number of carbonyl (C=O) groups excluding carboxylic acids is 1. The summed E-state index contributed by atoms with van der Waals surface area (Å²) in [7, 11) is 0. The highest BCUT2D eigenvalue weighted by Crippen LogP contribution is 2.25. The molecule has 0 aliphatic carbocycles. The Labute approximate surface area is 163 Å². The molecule has 0 saturated heterocycles. The lowest BCUT2D eigenvalue weighted by molar-refractivity contribution is 0.262. The maximum atomic E-state index is 12.0. The number of nitrogens with one attached hydrogen (secondary N) is 2. The predicted molar refractivity (Wildman–Crippen MR) is 107 cm³/mol.